The Morgan fingerprint density at radius 3 is 2.07 bits per heavy atom. The summed E-state index contributed by atoms with van der Waals surface area (Å²) < 4.78 is 7.33. The number of hydrogen-bond acceptors (Lipinski definition) is 1. The summed E-state index contributed by atoms with van der Waals surface area (Å²) in [5.74, 6) is 0. The second kappa shape index (κ2) is 10.1. The Kier molecular flexibility index (Phi) is 7.49. The second-order valence-corrected chi connectivity index (χ2v) is 8.77. The third-order valence-electron chi connectivity index (χ3n) is 5.38. The van der Waals surface area contributed by atoms with Crippen molar-refractivity contribution in [2.45, 2.75) is 19.4 Å². The summed E-state index contributed by atoms with van der Waals surface area (Å²) in [6.45, 7) is 4.88. The van der Waals surface area contributed by atoms with Gasteiger partial charge in [0.15, 0.2) is 0 Å². The summed E-state index contributed by atoms with van der Waals surface area (Å²) >= 11 is 6.08. The minimum atomic E-state index is -0.0782. The van der Waals surface area contributed by atoms with Gasteiger partial charge in [0, 0.05) is 11.4 Å². The highest BCUT2D eigenvalue weighted by Gasteiger charge is 2.19. The molecule has 3 aromatic rings. The molecule has 1 atom stereocenters. The van der Waals surface area contributed by atoms with Crippen molar-refractivity contribution >= 4 is 11.6 Å². The smallest absolute Gasteiger partial charge is 0.108 e. The van der Waals surface area contributed by atoms with Crippen molar-refractivity contribution in [1.82, 2.24) is 0 Å². The highest BCUT2D eigenvalue weighted by atomic mass is 35.5. The number of hydrogen-bond donors (Lipinski definition) is 0. The van der Waals surface area contributed by atoms with Crippen LogP contribution in [0.3, 0.4) is 0 Å². The molecule has 0 aliphatic carbocycles. The molecule has 0 heterocycles. The molecule has 0 spiro atoms. The third kappa shape index (κ3) is 6.71. The number of aryl methyl sites for hydroxylation is 1. The number of halogens is 1. The van der Waals surface area contributed by atoms with E-state index in [2.05, 4.69) is 81.7 Å². The normalized spacial score (nSPS) is 12.7. The zero-order valence-electron chi connectivity index (χ0n) is 17.6. The first-order valence-electron chi connectivity index (χ1n) is 10.2. The van der Waals surface area contributed by atoms with Crippen LogP contribution in [0.4, 0.5) is 0 Å². The molecule has 1 unspecified atom stereocenters. The standard InChI is InChI=1S/C26H31ClNO/c1-21-9-11-22(12-10-21)17-18-28(2,3)19-20-29-26(23-7-5-4-6-8-23)24-13-15-25(27)16-14-24/h4-16,26H,17-20H2,1-3H3/q+1. The van der Waals surface area contributed by atoms with Gasteiger partial charge in [0.1, 0.15) is 12.6 Å². The average Bonchev–Trinajstić information content (AvgIpc) is 2.72. The molecule has 0 fully saturated rings. The van der Waals surface area contributed by atoms with Crippen LogP contribution in [0.2, 0.25) is 5.02 Å². The second-order valence-electron chi connectivity index (χ2n) is 8.33. The summed E-state index contributed by atoms with van der Waals surface area (Å²) in [5, 5.41) is 0.745. The van der Waals surface area contributed by atoms with Gasteiger partial charge in [-0.25, -0.2) is 0 Å². The Morgan fingerprint density at radius 2 is 1.41 bits per heavy atom. The summed E-state index contributed by atoms with van der Waals surface area (Å²) in [7, 11) is 4.55. The molecule has 0 N–H and O–H groups in total. The zero-order chi connectivity index (χ0) is 20.7. The fraction of sp³-hybridized carbons (Fsp3) is 0.308. The van der Waals surface area contributed by atoms with Gasteiger partial charge < -0.3 is 9.22 Å². The van der Waals surface area contributed by atoms with E-state index >= 15 is 0 Å². The van der Waals surface area contributed by atoms with Crippen LogP contribution >= 0.6 is 11.6 Å². The minimum Gasteiger partial charge on any atom is -0.363 e. The van der Waals surface area contributed by atoms with Crippen LogP contribution in [-0.2, 0) is 11.2 Å². The number of rotatable bonds is 9. The molecule has 0 bridgehead atoms. The Morgan fingerprint density at radius 1 is 0.793 bits per heavy atom. The van der Waals surface area contributed by atoms with Gasteiger partial charge in [0.2, 0.25) is 0 Å². The number of likely N-dealkylation sites (N-methyl/N-ethyl adjacent to an activating group) is 1. The van der Waals surface area contributed by atoms with Gasteiger partial charge in [-0.05, 0) is 35.7 Å². The summed E-state index contributed by atoms with van der Waals surface area (Å²) in [4.78, 5) is 0. The lowest BCUT2D eigenvalue weighted by Gasteiger charge is -2.31. The van der Waals surface area contributed by atoms with Crippen LogP contribution in [0.5, 0.6) is 0 Å². The van der Waals surface area contributed by atoms with Gasteiger partial charge in [-0.15, -0.1) is 0 Å². The molecule has 0 aromatic heterocycles. The highest BCUT2D eigenvalue weighted by Crippen LogP contribution is 2.27. The number of nitrogens with zero attached hydrogens (tertiary/aromatic N) is 1. The van der Waals surface area contributed by atoms with Crippen LogP contribution in [0.15, 0.2) is 78.9 Å². The van der Waals surface area contributed by atoms with Gasteiger partial charge in [0.25, 0.3) is 0 Å². The SMILES string of the molecule is Cc1ccc(CC[N+](C)(C)CCOC(c2ccccc2)c2ccc(Cl)cc2)cc1. The molecule has 0 amide bonds. The molecule has 3 aromatic carbocycles. The first-order chi connectivity index (χ1) is 13.9. The van der Waals surface area contributed by atoms with Crippen LogP contribution < -0.4 is 0 Å². The van der Waals surface area contributed by atoms with Crippen LogP contribution in [0.1, 0.15) is 28.4 Å². The monoisotopic (exact) mass is 408 g/mol. The predicted molar refractivity (Wildman–Crippen MR) is 122 cm³/mol. The number of quaternary nitrogens is 1. The van der Waals surface area contributed by atoms with Crippen molar-refractivity contribution in [1.29, 1.82) is 0 Å². The maximum atomic E-state index is 6.40. The Bertz CT molecular complexity index is 873. The molecular formula is C26H31ClNO+. The van der Waals surface area contributed by atoms with Crippen LogP contribution in [-0.4, -0.2) is 38.3 Å². The van der Waals surface area contributed by atoms with E-state index in [1.807, 2.05) is 18.2 Å². The molecule has 0 radical (unpaired) electrons. The quantitative estimate of drug-likeness (QED) is 0.390. The summed E-state index contributed by atoms with van der Waals surface area (Å²) in [6.07, 6.45) is 0.998. The zero-order valence-corrected chi connectivity index (χ0v) is 18.4. The fourth-order valence-electron chi connectivity index (χ4n) is 3.37. The molecule has 0 aliphatic rings. The molecule has 0 aliphatic heterocycles. The fourth-order valence-corrected chi connectivity index (χ4v) is 3.49. The Hall–Kier alpha value is -2.13. The third-order valence-corrected chi connectivity index (χ3v) is 5.63. The largest absolute Gasteiger partial charge is 0.363 e. The van der Waals surface area contributed by atoms with Gasteiger partial charge in [-0.2, -0.15) is 0 Å². The van der Waals surface area contributed by atoms with E-state index in [1.165, 1.54) is 16.7 Å². The van der Waals surface area contributed by atoms with Crippen molar-refractivity contribution in [3.8, 4) is 0 Å². The maximum Gasteiger partial charge on any atom is 0.108 e. The molecule has 3 rings (SSSR count). The van der Waals surface area contributed by atoms with Gasteiger partial charge >= 0.3 is 0 Å². The number of ether oxygens (including phenoxy) is 1. The first-order valence-corrected chi connectivity index (χ1v) is 10.6. The molecule has 29 heavy (non-hydrogen) atoms. The maximum absolute atomic E-state index is 6.40. The molecule has 0 saturated carbocycles. The molecule has 152 valence electrons. The summed E-state index contributed by atoms with van der Waals surface area (Å²) in [6, 6.07) is 27.2. The first kappa shape index (κ1) is 21.6. The van der Waals surface area contributed by atoms with Crippen molar-refractivity contribution < 1.29 is 9.22 Å². The lowest BCUT2D eigenvalue weighted by molar-refractivity contribution is -0.890. The van der Waals surface area contributed by atoms with E-state index in [9.17, 15) is 0 Å². The van der Waals surface area contributed by atoms with E-state index in [1.54, 1.807) is 0 Å². The van der Waals surface area contributed by atoms with E-state index in [0.717, 1.165) is 34.6 Å². The highest BCUT2D eigenvalue weighted by molar-refractivity contribution is 6.30. The molecule has 2 nitrogen and oxygen atoms in total. The topological polar surface area (TPSA) is 9.23 Å². The van der Waals surface area contributed by atoms with Crippen LogP contribution in [0.25, 0.3) is 0 Å². The lowest BCUT2D eigenvalue weighted by atomic mass is 10.0. The van der Waals surface area contributed by atoms with Crippen molar-refractivity contribution in [2.75, 3.05) is 33.8 Å². The molecule has 0 saturated heterocycles. The molecule has 3 heteroatoms. The Balaban J connectivity index is 1.60. The van der Waals surface area contributed by atoms with E-state index in [0.29, 0.717) is 6.61 Å². The average molecular weight is 409 g/mol. The van der Waals surface area contributed by atoms with Crippen molar-refractivity contribution in [2.24, 2.45) is 0 Å². The minimum absolute atomic E-state index is 0.0782. The van der Waals surface area contributed by atoms with Gasteiger partial charge in [-0.3, -0.25) is 0 Å². The predicted octanol–water partition coefficient (Wildman–Crippen LogP) is 6.07. The van der Waals surface area contributed by atoms with E-state index in [-0.39, 0.29) is 6.10 Å². The van der Waals surface area contributed by atoms with E-state index in [4.69, 9.17) is 16.3 Å². The van der Waals surface area contributed by atoms with Crippen molar-refractivity contribution in [3.63, 3.8) is 0 Å². The Labute approximate surface area is 180 Å². The lowest BCUT2D eigenvalue weighted by Crippen LogP contribution is -2.44. The molecular weight excluding hydrogens is 378 g/mol. The van der Waals surface area contributed by atoms with Crippen molar-refractivity contribution in [3.05, 3.63) is 106 Å². The van der Waals surface area contributed by atoms with Gasteiger partial charge in [-0.1, -0.05) is 83.9 Å². The number of benzene rings is 3. The summed E-state index contributed by atoms with van der Waals surface area (Å²) in [5.41, 5.74) is 5.00. The van der Waals surface area contributed by atoms with E-state index < -0.39 is 0 Å². The van der Waals surface area contributed by atoms with Gasteiger partial charge in [0.05, 0.1) is 27.2 Å². The van der Waals surface area contributed by atoms with Crippen LogP contribution in [0, 0.1) is 6.92 Å².